The first-order valence-electron chi connectivity index (χ1n) is 6.30. The lowest BCUT2D eigenvalue weighted by Gasteiger charge is -2.21. The molecule has 1 fully saturated rings. The van der Waals surface area contributed by atoms with E-state index in [1.54, 1.807) is 14.2 Å². The topological polar surface area (TPSA) is 39.7 Å². The van der Waals surface area contributed by atoms with E-state index in [-0.39, 0.29) is 6.04 Å². The monoisotopic (exact) mass is 251 g/mol. The van der Waals surface area contributed by atoms with E-state index in [1.165, 1.54) is 0 Å². The number of hydrogen-bond donors (Lipinski definition) is 1. The normalized spacial score (nSPS) is 20.7. The number of methoxy groups -OCH3 is 2. The van der Waals surface area contributed by atoms with Gasteiger partial charge in [0.2, 0.25) is 0 Å². The third-order valence-corrected chi connectivity index (χ3v) is 3.32. The molecule has 100 valence electrons. The smallest absolute Gasteiger partial charge is 0.127 e. The Morgan fingerprint density at radius 2 is 2.17 bits per heavy atom. The van der Waals surface area contributed by atoms with E-state index in [2.05, 4.69) is 12.2 Å². The summed E-state index contributed by atoms with van der Waals surface area (Å²) in [5.74, 6) is 1.67. The van der Waals surface area contributed by atoms with Crippen LogP contribution in [0.4, 0.5) is 0 Å². The maximum absolute atomic E-state index is 5.42. The Labute approximate surface area is 108 Å². The predicted octanol–water partition coefficient (Wildman–Crippen LogP) is 2.14. The van der Waals surface area contributed by atoms with E-state index in [0.29, 0.717) is 6.04 Å². The number of benzene rings is 1. The van der Waals surface area contributed by atoms with Crippen molar-refractivity contribution in [3.63, 3.8) is 0 Å². The molecule has 0 spiro atoms. The Hall–Kier alpha value is -1.26. The quantitative estimate of drug-likeness (QED) is 0.870. The Morgan fingerprint density at radius 3 is 2.78 bits per heavy atom. The van der Waals surface area contributed by atoms with E-state index < -0.39 is 0 Å². The van der Waals surface area contributed by atoms with Crippen molar-refractivity contribution in [1.82, 2.24) is 5.32 Å². The van der Waals surface area contributed by atoms with Gasteiger partial charge in [0, 0.05) is 30.3 Å². The maximum Gasteiger partial charge on any atom is 0.127 e. The lowest BCUT2D eigenvalue weighted by atomic mass is 10.1. The van der Waals surface area contributed by atoms with Crippen LogP contribution in [0.1, 0.15) is 24.9 Å². The third-order valence-electron chi connectivity index (χ3n) is 3.32. The molecule has 0 amide bonds. The van der Waals surface area contributed by atoms with E-state index in [9.17, 15) is 0 Å². The Kier molecular flexibility index (Phi) is 4.44. The molecule has 0 bridgehead atoms. The van der Waals surface area contributed by atoms with Crippen molar-refractivity contribution in [3.8, 4) is 11.5 Å². The average molecular weight is 251 g/mol. The van der Waals surface area contributed by atoms with E-state index in [4.69, 9.17) is 14.2 Å². The van der Waals surface area contributed by atoms with Gasteiger partial charge in [-0.2, -0.15) is 0 Å². The van der Waals surface area contributed by atoms with Gasteiger partial charge in [0.15, 0.2) is 0 Å². The molecule has 0 unspecified atom stereocenters. The number of ether oxygens (including phenoxy) is 3. The standard InChI is InChI=1S/C14H21NO3/c1-10(15-11-6-7-18-9-11)13-5-4-12(16-2)8-14(13)17-3/h4-5,8,10-11,15H,6-7,9H2,1-3H3/t10-,11-/m1/s1. The van der Waals surface area contributed by atoms with Crippen LogP contribution in [0.5, 0.6) is 11.5 Å². The summed E-state index contributed by atoms with van der Waals surface area (Å²) in [6.07, 6.45) is 1.07. The molecule has 4 nitrogen and oxygen atoms in total. The third kappa shape index (κ3) is 2.94. The second-order valence-corrected chi connectivity index (χ2v) is 4.56. The molecule has 1 saturated heterocycles. The summed E-state index contributed by atoms with van der Waals surface area (Å²) in [6.45, 7) is 3.79. The highest BCUT2D eigenvalue weighted by Crippen LogP contribution is 2.29. The van der Waals surface area contributed by atoms with Crippen molar-refractivity contribution < 1.29 is 14.2 Å². The van der Waals surface area contributed by atoms with Gasteiger partial charge in [0.1, 0.15) is 11.5 Å². The molecule has 1 aliphatic rings. The Morgan fingerprint density at radius 1 is 1.33 bits per heavy atom. The molecule has 1 N–H and O–H groups in total. The van der Waals surface area contributed by atoms with Crippen LogP contribution in [0.3, 0.4) is 0 Å². The van der Waals surface area contributed by atoms with E-state index >= 15 is 0 Å². The maximum atomic E-state index is 5.42. The summed E-state index contributed by atoms with van der Waals surface area (Å²) in [5, 5.41) is 3.56. The van der Waals surface area contributed by atoms with Crippen LogP contribution in [0, 0.1) is 0 Å². The van der Waals surface area contributed by atoms with Crippen LogP contribution in [0.2, 0.25) is 0 Å². The zero-order valence-corrected chi connectivity index (χ0v) is 11.2. The van der Waals surface area contributed by atoms with Gasteiger partial charge in [-0.3, -0.25) is 0 Å². The van der Waals surface area contributed by atoms with Crippen LogP contribution in [0.25, 0.3) is 0 Å². The molecule has 1 heterocycles. The summed E-state index contributed by atoms with van der Waals surface area (Å²) in [7, 11) is 3.34. The van der Waals surface area contributed by atoms with Crippen molar-refractivity contribution >= 4 is 0 Å². The first-order valence-corrected chi connectivity index (χ1v) is 6.30. The zero-order valence-electron chi connectivity index (χ0n) is 11.2. The minimum Gasteiger partial charge on any atom is -0.497 e. The second kappa shape index (κ2) is 6.07. The molecular weight excluding hydrogens is 230 g/mol. The second-order valence-electron chi connectivity index (χ2n) is 4.56. The van der Waals surface area contributed by atoms with Crippen LogP contribution < -0.4 is 14.8 Å². The average Bonchev–Trinajstić information content (AvgIpc) is 2.90. The molecule has 1 aromatic rings. The van der Waals surface area contributed by atoms with Gasteiger partial charge in [-0.15, -0.1) is 0 Å². The highest BCUT2D eigenvalue weighted by molar-refractivity contribution is 5.42. The summed E-state index contributed by atoms with van der Waals surface area (Å²) >= 11 is 0. The van der Waals surface area contributed by atoms with E-state index in [1.807, 2.05) is 18.2 Å². The molecule has 2 rings (SSSR count). The van der Waals surface area contributed by atoms with Crippen molar-refractivity contribution in [1.29, 1.82) is 0 Å². The largest absolute Gasteiger partial charge is 0.497 e. The molecular formula is C14H21NO3. The van der Waals surface area contributed by atoms with Crippen molar-refractivity contribution in [2.75, 3.05) is 27.4 Å². The molecule has 4 heteroatoms. The molecule has 18 heavy (non-hydrogen) atoms. The molecule has 1 aliphatic heterocycles. The minimum absolute atomic E-state index is 0.234. The fourth-order valence-corrected chi connectivity index (χ4v) is 2.29. The molecule has 0 aliphatic carbocycles. The number of hydrogen-bond acceptors (Lipinski definition) is 4. The molecule has 2 atom stereocenters. The summed E-state index contributed by atoms with van der Waals surface area (Å²) < 4.78 is 16.0. The van der Waals surface area contributed by atoms with Crippen LogP contribution in [-0.2, 0) is 4.74 Å². The first-order chi connectivity index (χ1) is 8.74. The summed E-state index contributed by atoms with van der Waals surface area (Å²) in [4.78, 5) is 0. The molecule has 0 radical (unpaired) electrons. The lowest BCUT2D eigenvalue weighted by molar-refractivity contribution is 0.188. The van der Waals surface area contributed by atoms with Gasteiger partial charge < -0.3 is 19.5 Å². The van der Waals surface area contributed by atoms with Gasteiger partial charge in [0.05, 0.1) is 20.8 Å². The van der Waals surface area contributed by atoms with Crippen molar-refractivity contribution in [3.05, 3.63) is 23.8 Å². The van der Waals surface area contributed by atoms with Gasteiger partial charge in [0.25, 0.3) is 0 Å². The van der Waals surface area contributed by atoms with Crippen molar-refractivity contribution in [2.24, 2.45) is 0 Å². The van der Waals surface area contributed by atoms with Gasteiger partial charge in [-0.25, -0.2) is 0 Å². The van der Waals surface area contributed by atoms with Crippen LogP contribution in [0.15, 0.2) is 18.2 Å². The number of rotatable bonds is 5. The summed E-state index contributed by atoms with van der Waals surface area (Å²) in [6, 6.07) is 6.59. The van der Waals surface area contributed by atoms with Gasteiger partial charge in [-0.05, 0) is 19.4 Å². The first kappa shape index (κ1) is 13.2. The Bertz CT molecular complexity index is 389. The van der Waals surface area contributed by atoms with Gasteiger partial charge in [-0.1, -0.05) is 6.07 Å². The Balaban J connectivity index is 2.10. The molecule has 0 saturated carbocycles. The van der Waals surface area contributed by atoms with Crippen molar-refractivity contribution in [2.45, 2.75) is 25.4 Å². The summed E-state index contributed by atoms with van der Waals surface area (Å²) in [5.41, 5.74) is 1.14. The van der Waals surface area contributed by atoms with Crippen LogP contribution in [-0.4, -0.2) is 33.5 Å². The zero-order chi connectivity index (χ0) is 13.0. The molecule has 1 aromatic carbocycles. The lowest BCUT2D eigenvalue weighted by Crippen LogP contribution is -2.31. The SMILES string of the molecule is COc1ccc([C@@H](C)N[C@@H]2CCOC2)c(OC)c1. The predicted molar refractivity (Wildman–Crippen MR) is 70.3 cm³/mol. The van der Waals surface area contributed by atoms with E-state index in [0.717, 1.165) is 36.7 Å². The van der Waals surface area contributed by atoms with Gasteiger partial charge >= 0.3 is 0 Å². The fourth-order valence-electron chi connectivity index (χ4n) is 2.29. The fraction of sp³-hybridized carbons (Fsp3) is 0.571. The molecule has 0 aromatic heterocycles. The minimum atomic E-state index is 0.234. The highest BCUT2D eigenvalue weighted by atomic mass is 16.5. The number of nitrogens with one attached hydrogen (secondary N) is 1. The van der Waals surface area contributed by atoms with Crippen LogP contribution >= 0.6 is 0 Å². The highest BCUT2D eigenvalue weighted by Gasteiger charge is 2.20.